The smallest absolute Gasteiger partial charge is 0.311 e. The van der Waals surface area contributed by atoms with E-state index in [0.717, 1.165) is 60.7 Å². The van der Waals surface area contributed by atoms with Gasteiger partial charge in [0.15, 0.2) is 0 Å². The Hall–Kier alpha value is -7.20. The minimum absolute atomic E-state index is 0.0190. The summed E-state index contributed by atoms with van der Waals surface area (Å²) in [7, 11) is 1.35. The van der Waals surface area contributed by atoms with Gasteiger partial charge in [0.05, 0.1) is 18.9 Å². The summed E-state index contributed by atoms with van der Waals surface area (Å²) in [6.07, 6.45) is 7.83. The molecule has 2 aromatic heterocycles. The molecular formula is C50H45N5O5. The van der Waals surface area contributed by atoms with Crippen LogP contribution in [0.15, 0.2) is 140 Å². The van der Waals surface area contributed by atoms with E-state index in [1.165, 1.54) is 18.2 Å². The fourth-order valence-electron chi connectivity index (χ4n) is 8.15. The number of hydrogen-bond donors (Lipinski definition) is 1. The van der Waals surface area contributed by atoms with Gasteiger partial charge in [-0.25, -0.2) is 0 Å². The first-order valence-corrected chi connectivity index (χ1v) is 20.1. The number of rotatable bonds is 8. The molecule has 2 aliphatic heterocycles. The molecule has 300 valence electrons. The lowest BCUT2D eigenvalue weighted by Gasteiger charge is -2.18. The minimum Gasteiger partial charge on any atom is -0.469 e. The van der Waals surface area contributed by atoms with Gasteiger partial charge in [0.1, 0.15) is 0 Å². The summed E-state index contributed by atoms with van der Waals surface area (Å²) in [5.74, 6) is -1.21. The van der Waals surface area contributed by atoms with Crippen molar-refractivity contribution in [3.63, 3.8) is 0 Å². The van der Waals surface area contributed by atoms with Crippen molar-refractivity contribution >= 4 is 56.6 Å². The van der Waals surface area contributed by atoms with Crippen molar-refractivity contribution in [2.45, 2.75) is 33.2 Å². The second-order valence-corrected chi connectivity index (χ2v) is 15.3. The molecule has 0 spiro atoms. The van der Waals surface area contributed by atoms with Gasteiger partial charge >= 0.3 is 5.97 Å². The Morgan fingerprint density at radius 1 is 0.617 bits per heavy atom. The number of benzene rings is 5. The fourth-order valence-corrected chi connectivity index (χ4v) is 8.15. The highest BCUT2D eigenvalue weighted by atomic mass is 16.5. The number of carbonyl (C=O) groups excluding carboxylic acids is 4. The molecule has 10 nitrogen and oxygen atoms in total. The van der Waals surface area contributed by atoms with Crippen LogP contribution in [0, 0.1) is 25.7 Å². The number of aryl methyl sites for hydroxylation is 2. The van der Waals surface area contributed by atoms with Crippen LogP contribution < -0.4 is 15.1 Å². The number of amides is 3. The summed E-state index contributed by atoms with van der Waals surface area (Å²) in [6.45, 7) is 5.40. The molecule has 9 rings (SSSR count). The lowest BCUT2D eigenvalue weighted by molar-refractivity contribution is -0.145. The van der Waals surface area contributed by atoms with Gasteiger partial charge in [-0.15, -0.1) is 0 Å². The first kappa shape index (κ1) is 39.6. The maximum atomic E-state index is 12.7. The molecular weight excluding hydrogens is 751 g/mol. The zero-order chi connectivity index (χ0) is 41.8. The van der Waals surface area contributed by atoms with Crippen molar-refractivity contribution in [3.05, 3.63) is 157 Å². The van der Waals surface area contributed by atoms with Crippen LogP contribution >= 0.6 is 0 Å². The predicted octanol–water partition coefficient (Wildman–Crippen LogP) is 8.62. The normalized spacial score (nSPS) is 16.2. The average molecular weight is 796 g/mol. The average Bonchev–Trinajstić information content (AvgIpc) is 3.89. The summed E-state index contributed by atoms with van der Waals surface area (Å²) in [5, 5.41) is 7.54. The van der Waals surface area contributed by atoms with E-state index in [0.29, 0.717) is 19.6 Å². The number of fused-ring (bicyclic) bond motifs is 2. The number of carbonyl (C=O) groups is 4. The molecule has 4 heterocycles. The third-order valence-corrected chi connectivity index (χ3v) is 11.5. The number of pyridine rings is 2. The standard InChI is InChI=1S/C28H25N3O2.C22H20N2O3/c1-19-7-12-24(25-13-14-29-17-26(19)25)21-8-10-23(11-9-21)31-18-22(15-27(31)32)28(33)30-16-20-5-3-2-4-6-20;1-14-3-8-18(19-9-10-23-12-20(14)19)15-4-6-17(7-5-15)24-13-16(11-21(24)25)22(26)27-2/h2-14,17,22H,15-16,18H2,1H3,(H,30,33);3-10,12,16H,11,13H2,1-2H3. The number of hydrogen-bond acceptors (Lipinski definition) is 7. The molecule has 1 N–H and O–H groups in total. The maximum absolute atomic E-state index is 12.7. The van der Waals surface area contributed by atoms with Gasteiger partial charge < -0.3 is 19.9 Å². The van der Waals surface area contributed by atoms with Gasteiger partial charge in [-0.3, -0.25) is 29.1 Å². The van der Waals surface area contributed by atoms with Crippen LogP contribution in [0.1, 0.15) is 29.5 Å². The van der Waals surface area contributed by atoms with Crippen LogP contribution in [0.5, 0.6) is 0 Å². The molecule has 0 aliphatic carbocycles. The number of aromatic nitrogens is 2. The van der Waals surface area contributed by atoms with Crippen LogP contribution in [0.25, 0.3) is 43.8 Å². The van der Waals surface area contributed by atoms with E-state index in [-0.39, 0.29) is 42.5 Å². The number of esters is 1. The molecule has 2 unspecified atom stereocenters. The third kappa shape index (κ3) is 8.22. The fraction of sp³-hybridized carbons (Fsp3) is 0.200. The summed E-state index contributed by atoms with van der Waals surface area (Å²) in [4.78, 5) is 61.2. The first-order chi connectivity index (χ1) is 29.2. The zero-order valence-electron chi connectivity index (χ0n) is 33.8. The number of anilines is 2. The van der Waals surface area contributed by atoms with Crippen molar-refractivity contribution < 1.29 is 23.9 Å². The minimum atomic E-state index is -0.393. The molecule has 5 aromatic carbocycles. The number of nitrogens with zero attached hydrogens (tertiary/aromatic N) is 4. The monoisotopic (exact) mass is 795 g/mol. The molecule has 2 aliphatic rings. The largest absolute Gasteiger partial charge is 0.469 e. The van der Waals surface area contributed by atoms with Crippen LogP contribution in [0.2, 0.25) is 0 Å². The van der Waals surface area contributed by atoms with E-state index < -0.39 is 5.92 Å². The molecule has 2 fully saturated rings. The second-order valence-electron chi connectivity index (χ2n) is 15.3. The van der Waals surface area contributed by atoms with Crippen LogP contribution in [-0.4, -0.2) is 53.9 Å². The van der Waals surface area contributed by atoms with Gasteiger partial charge in [-0.1, -0.05) is 78.9 Å². The SMILES string of the molecule is COC(=O)C1CC(=O)N(c2ccc(-c3ccc(C)c4cnccc34)cc2)C1.Cc1ccc(-c2ccc(N3CC(C(=O)NCc4ccccc4)CC3=O)cc2)c2ccncc12. The Balaban J connectivity index is 0.000000170. The Bertz CT molecular complexity index is 2720. The molecule has 0 bridgehead atoms. The van der Waals surface area contributed by atoms with Crippen molar-refractivity contribution in [2.75, 3.05) is 30.0 Å². The van der Waals surface area contributed by atoms with Crippen LogP contribution in [0.4, 0.5) is 11.4 Å². The third-order valence-electron chi connectivity index (χ3n) is 11.5. The number of methoxy groups -OCH3 is 1. The van der Waals surface area contributed by atoms with Gasteiger partial charge in [-0.05, 0) is 100.0 Å². The van der Waals surface area contributed by atoms with E-state index in [1.807, 2.05) is 110 Å². The molecule has 0 saturated carbocycles. The second kappa shape index (κ2) is 17.3. The highest BCUT2D eigenvalue weighted by Gasteiger charge is 2.36. The van der Waals surface area contributed by atoms with E-state index in [2.05, 4.69) is 53.4 Å². The molecule has 2 saturated heterocycles. The van der Waals surface area contributed by atoms with E-state index in [4.69, 9.17) is 4.74 Å². The van der Waals surface area contributed by atoms with E-state index in [9.17, 15) is 19.2 Å². The summed E-state index contributed by atoms with van der Waals surface area (Å²) in [5.41, 5.74) is 9.47. The van der Waals surface area contributed by atoms with Gasteiger partial charge in [0, 0.05) is 79.4 Å². The van der Waals surface area contributed by atoms with Gasteiger partial charge in [0.2, 0.25) is 17.7 Å². The van der Waals surface area contributed by atoms with E-state index in [1.54, 1.807) is 16.0 Å². The van der Waals surface area contributed by atoms with Crippen molar-refractivity contribution in [3.8, 4) is 22.3 Å². The Morgan fingerprint density at radius 2 is 1.10 bits per heavy atom. The van der Waals surface area contributed by atoms with Crippen LogP contribution in [-0.2, 0) is 30.5 Å². The molecule has 0 radical (unpaired) electrons. The highest BCUT2D eigenvalue weighted by molar-refractivity contribution is 6.03. The van der Waals surface area contributed by atoms with Crippen LogP contribution in [0.3, 0.4) is 0 Å². The zero-order valence-corrected chi connectivity index (χ0v) is 33.8. The summed E-state index contributed by atoms with van der Waals surface area (Å²) in [6, 6.07) is 38.2. The first-order valence-electron chi connectivity index (χ1n) is 20.1. The summed E-state index contributed by atoms with van der Waals surface area (Å²) >= 11 is 0. The Morgan fingerprint density at radius 3 is 1.60 bits per heavy atom. The van der Waals surface area contributed by atoms with Gasteiger partial charge in [0.25, 0.3) is 0 Å². The van der Waals surface area contributed by atoms with Gasteiger partial charge in [-0.2, -0.15) is 0 Å². The van der Waals surface area contributed by atoms with Crippen molar-refractivity contribution in [1.29, 1.82) is 0 Å². The number of ether oxygens (including phenoxy) is 1. The lowest BCUT2D eigenvalue weighted by atomic mass is 9.96. The van der Waals surface area contributed by atoms with Crippen molar-refractivity contribution in [2.24, 2.45) is 11.8 Å². The number of nitrogens with one attached hydrogen (secondary N) is 1. The Kier molecular flexibility index (Phi) is 11.5. The quantitative estimate of drug-likeness (QED) is 0.153. The Labute approximate surface area is 348 Å². The van der Waals surface area contributed by atoms with E-state index >= 15 is 0 Å². The topological polar surface area (TPSA) is 122 Å². The lowest BCUT2D eigenvalue weighted by Crippen LogP contribution is -2.32. The molecule has 60 heavy (non-hydrogen) atoms. The molecule has 2 atom stereocenters. The van der Waals surface area contributed by atoms with Crippen molar-refractivity contribution in [1.82, 2.24) is 15.3 Å². The molecule has 7 aromatic rings. The predicted molar refractivity (Wildman–Crippen MR) is 235 cm³/mol. The summed E-state index contributed by atoms with van der Waals surface area (Å²) < 4.78 is 4.77. The maximum Gasteiger partial charge on any atom is 0.311 e. The molecule has 10 heteroatoms. The highest BCUT2D eigenvalue weighted by Crippen LogP contribution is 2.35. The molecule has 3 amide bonds.